The lowest BCUT2D eigenvalue weighted by molar-refractivity contribution is 0.203. The van der Waals surface area contributed by atoms with Gasteiger partial charge >= 0.3 is 0 Å². The van der Waals surface area contributed by atoms with E-state index in [0.717, 1.165) is 21.6 Å². The van der Waals surface area contributed by atoms with Gasteiger partial charge in [-0.2, -0.15) is 4.98 Å². The van der Waals surface area contributed by atoms with E-state index in [9.17, 15) is 23.8 Å². The highest BCUT2D eigenvalue weighted by atomic mass is 32.1. The third-order valence-electron chi connectivity index (χ3n) is 4.83. The minimum Gasteiger partial charge on any atom is -0.394 e. The fraction of sp³-hybridized carbons (Fsp3) is 0.136. The van der Waals surface area contributed by atoms with Gasteiger partial charge in [0.05, 0.1) is 24.9 Å². The van der Waals surface area contributed by atoms with E-state index in [-0.39, 0.29) is 11.6 Å². The fourth-order valence-electron chi connectivity index (χ4n) is 3.27. The summed E-state index contributed by atoms with van der Waals surface area (Å²) in [5.74, 6) is -1.90. The smallest absolute Gasteiger partial charge is 0.256 e. The van der Waals surface area contributed by atoms with Crippen molar-refractivity contribution in [2.45, 2.75) is 10.9 Å². The van der Waals surface area contributed by atoms with Gasteiger partial charge in [-0.05, 0) is 30.3 Å². The van der Waals surface area contributed by atoms with Crippen molar-refractivity contribution >= 4 is 29.6 Å². The quantitative estimate of drug-likeness (QED) is 0.333. The van der Waals surface area contributed by atoms with Crippen LogP contribution in [0.2, 0.25) is 0 Å². The van der Waals surface area contributed by atoms with Gasteiger partial charge in [0.15, 0.2) is 5.65 Å². The molecule has 4 rings (SSSR count). The number of rotatable bonds is 6. The second-order valence-corrected chi connectivity index (χ2v) is 7.48. The maximum absolute atomic E-state index is 14.6. The Balaban J connectivity index is 2.07. The summed E-state index contributed by atoms with van der Waals surface area (Å²) >= 11 is 4.28. The molecule has 10 heteroatoms. The molecule has 164 valence electrons. The van der Waals surface area contributed by atoms with Crippen LogP contribution in [0.15, 0.2) is 64.3 Å². The van der Waals surface area contributed by atoms with Crippen LogP contribution in [0.25, 0.3) is 28.0 Å². The molecular formula is C22H18F2N4O3S. The van der Waals surface area contributed by atoms with Gasteiger partial charge in [0.25, 0.3) is 5.56 Å². The van der Waals surface area contributed by atoms with E-state index < -0.39 is 42.1 Å². The molecule has 0 aliphatic rings. The van der Waals surface area contributed by atoms with Crippen molar-refractivity contribution in [2.75, 3.05) is 18.5 Å². The highest BCUT2D eigenvalue weighted by molar-refractivity contribution is 7.80. The minimum absolute atomic E-state index is 0.0355. The molecule has 0 unspecified atom stereocenters. The van der Waals surface area contributed by atoms with Crippen molar-refractivity contribution in [1.29, 1.82) is 0 Å². The summed E-state index contributed by atoms with van der Waals surface area (Å²) in [5, 5.41) is 22.0. The number of aromatic nitrogens is 3. The Morgan fingerprint density at radius 1 is 0.969 bits per heavy atom. The maximum atomic E-state index is 14.6. The van der Waals surface area contributed by atoms with Crippen molar-refractivity contribution in [3.63, 3.8) is 0 Å². The normalized spacial score (nSPS) is 11.3. The van der Waals surface area contributed by atoms with Crippen molar-refractivity contribution in [2.24, 2.45) is 0 Å². The molecule has 2 heterocycles. The molecule has 0 amide bonds. The predicted molar refractivity (Wildman–Crippen MR) is 119 cm³/mol. The van der Waals surface area contributed by atoms with Gasteiger partial charge in [-0.25, -0.2) is 13.8 Å². The number of benzene rings is 2. The summed E-state index contributed by atoms with van der Waals surface area (Å²) in [4.78, 5) is 22.2. The molecule has 0 atom stereocenters. The Kier molecular flexibility index (Phi) is 6.17. The molecule has 0 bridgehead atoms. The first-order valence-electron chi connectivity index (χ1n) is 9.58. The van der Waals surface area contributed by atoms with E-state index in [4.69, 9.17) is 0 Å². The molecule has 0 aliphatic carbocycles. The number of halogens is 2. The van der Waals surface area contributed by atoms with Crippen LogP contribution in [0.1, 0.15) is 0 Å². The number of hydrogen-bond donors (Lipinski definition) is 4. The summed E-state index contributed by atoms with van der Waals surface area (Å²) in [7, 11) is 0. The standard InChI is InChI=1S/C22H18F2N4O3S/c23-16-2-1-3-17(24)20(16)28-18(31)9-8-15-19(12-4-6-14(32)7-5-12)26-22(27-21(15)28)25-13(10-29)11-30/h1-9,13,29-30,32H,10-11H2,(H,25,26,27). The first-order valence-corrected chi connectivity index (χ1v) is 10.0. The molecule has 2 aromatic carbocycles. The second-order valence-electron chi connectivity index (χ2n) is 6.96. The van der Waals surface area contributed by atoms with Gasteiger partial charge in [0, 0.05) is 21.9 Å². The van der Waals surface area contributed by atoms with E-state index in [1.54, 1.807) is 24.3 Å². The lowest BCUT2D eigenvalue weighted by Gasteiger charge is -2.17. The van der Waals surface area contributed by atoms with Crippen molar-refractivity contribution < 1.29 is 19.0 Å². The third-order valence-corrected chi connectivity index (χ3v) is 5.12. The molecule has 2 aromatic heterocycles. The van der Waals surface area contributed by atoms with Crippen LogP contribution >= 0.6 is 12.6 Å². The molecule has 0 aliphatic heterocycles. The number of hydrogen-bond acceptors (Lipinski definition) is 7. The van der Waals surface area contributed by atoms with E-state index >= 15 is 0 Å². The summed E-state index contributed by atoms with van der Waals surface area (Å²) in [6.45, 7) is -0.823. The van der Waals surface area contributed by atoms with E-state index in [2.05, 4.69) is 27.9 Å². The number of anilines is 1. The average molecular weight is 456 g/mol. The lowest BCUT2D eigenvalue weighted by Crippen LogP contribution is -2.29. The largest absolute Gasteiger partial charge is 0.394 e. The summed E-state index contributed by atoms with van der Waals surface area (Å²) in [6.07, 6.45) is 0. The molecule has 0 radical (unpaired) electrons. The Hall–Kier alpha value is -3.34. The molecule has 3 N–H and O–H groups in total. The SMILES string of the molecule is O=c1ccc2c(-c3ccc(S)cc3)nc(NC(CO)CO)nc2n1-c1c(F)cccc1F. The number of nitrogens with zero attached hydrogens (tertiary/aromatic N) is 3. The lowest BCUT2D eigenvalue weighted by atomic mass is 10.1. The number of thiol groups is 1. The average Bonchev–Trinajstić information content (AvgIpc) is 2.78. The first kappa shape index (κ1) is 21.9. The molecule has 4 aromatic rings. The fourth-order valence-corrected chi connectivity index (χ4v) is 3.42. The Labute approximate surface area is 186 Å². The molecule has 0 fully saturated rings. The number of para-hydroxylation sites is 1. The number of fused-ring (bicyclic) bond motifs is 1. The Morgan fingerprint density at radius 3 is 2.25 bits per heavy atom. The highest BCUT2D eigenvalue weighted by Crippen LogP contribution is 2.29. The van der Waals surface area contributed by atoms with E-state index in [1.807, 2.05) is 0 Å². The molecule has 0 saturated carbocycles. The molecular weight excluding hydrogens is 438 g/mol. The monoisotopic (exact) mass is 456 g/mol. The topological polar surface area (TPSA) is 100 Å². The Bertz CT molecular complexity index is 1320. The van der Waals surface area contributed by atoms with Crippen molar-refractivity contribution in [3.05, 3.63) is 76.6 Å². The van der Waals surface area contributed by atoms with Crippen LogP contribution in [0, 0.1) is 11.6 Å². The molecule has 0 spiro atoms. The zero-order valence-corrected chi connectivity index (χ0v) is 17.4. The summed E-state index contributed by atoms with van der Waals surface area (Å²) < 4.78 is 30.0. The van der Waals surface area contributed by atoms with Crippen LogP contribution in [-0.2, 0) is 0 Å². The Morgan fingerprint density at radius 2 is 1.62 bits per heavy atom. The predicted octanol–water partition coefficient (Wildman–Crippen LogP) is 2.78. The number of aliphatic hydroxyl groups excluding tert-OH is 2. The van der Waals surface area contributed by atoms with Gasteiger partial charge < -0.3 is 15.5 Å². The second kappa shape index (κ2) is 9.03. The number of nitrogens with one attached hydrogen (secondary N) is 1. The van der Waals surface area contributed by atoms with Crippen molar-refractivity contribution in [3.8, 4) is 16.9 Å². The van der Waals surface area contributed by atoms with E-state index in [1.165, 1.54) is 18.2 Å². The van der Waals surface area contributed by atoms with Gasteiger partial charge in [-0.15, -0.1) is 12.6 Å². The van der Waals surface area contributed by atoms with Gasteiger partial charge in [0.2, 0.25) is 5.95 Å². The van der Waals surface area contributed by atoms with Crippen LogP contribution in [0.3, 0.4) is 0 Å². The number of pyridine rings is 1. The molecule has 32 heavy (non-hydrogen) atoms. The molecule has 0 saturated heterocycles. The van der Waals surface area contributed by atoms with Crippen LogP contribution in [-0.4, -0.2) is 44.0 Å². The van der Waals surface area contributed by atoms with Crippen LogP contribution < -0.4 is 10.9 Å². The van der Waals surface area contributed by atoms with Crippen LogP contribution in [0.4, 0.5) is 14.7 Å². The van der Waals surface area contributed by atoms with Crippen LogP contribution in [0.5, 0.6) is 0 Å². The highest BCUT2D eigenvalue weighted by Gasteiger charge is 2.20. The zero-order chi connectivity index (χ0) is 22.8. The van der Waals surface area contributed by atoms with Crippen molar-refractivity contribution in [1.82, 2.24) is 14.5 Å². The van der Waals surface area contributed by atoms with Gasteiger partial charge in [0.1, 0.15) is 17.3 Å². The summed E-state index contributed by atoms with van der Waals surface area (Å²) in [6, 6.07) is 12.2. The third kappa shape index (κ3) is 4.07. The van der Waals surface area contributed by atoms with E-state index in [0.29, 0.717) is 16.6 Å². The van der Waals surface area contributed by atoms with Gasteiger partial charge in [-0.1, -0.05) is 18.2 Å². The van der Waals surface area contributed by atoms with Gasteiger partial charge in [-0.3, -0.25) is 9.36 Å². The maximum Gasteiger partial charge on any atom is 0.256 e. The zero-order valence-electron chi connectivity index (χ0n) is 16.5. The molecule has 7 nitrogen and oxygen atoms in total. The number of aliphatic hydroxyl groups is 2. The first-order chi connectivity index (χ1) is 15.4. The minimum atomic E-state index is -0.933. The summed E-state index contributed by atoms with van der Waals surface area (Å²) in [5.41, 5.74) is -0.277.